The van der Waals surface area contributed by atoms with Crippen LogP contribution in [0.2, 0.25) is 0 Å². The fraction of sp³-hybridized carbons (Fsp3) is 0.333. The lowest BCUT2D eigenvalue weighted by atomic mass is 10.0. The molecule has 1 heterocycles. The van der Waals surface area contributed by atoms with Crippen LogP contribution in [0.1, 0.15) is 19.9 Å². The van der Waals surface area contributed by atoms with Gasteiger partial charge in [-0.1, -0.05) is 44.2 Å². The van der Waals surface area contributed by atoms with Crippen LogP contribution in [0, 0.1) is 5.92 Å². The minimum absolute atomic E-state index is 0.103. The van der Waals surface area contributed by atoms with Crippen LogP contribution in [-0.2, 0) is 4.79 Å². The minimum Gasteiger partial charge on any atom is -0.480 e. The topological polar surface area (TPSA) is 80.9 Å². The molecule has 2 aromatic rings. The summed E-state index contributed by atoms with van der Waals surface area (Å²) in [6.07, 6.45) is 0. The first-order valence-electron chi connectivity index (χ1n) is 5.67. The smallest absolute Gasteiger partial charge is 0.328 e. The molecule has 0 saturated heterocycles. The average Bonchev–Trinajstić information content (AvgIpc) is 2.78. The van der Waals surface area contributed by atoms with Gasteiger partial charge in [-0.3, -0.25) is 0 Å². The molecule has 6 heteroatoms. The Morgan fingerprint density at radius 2 is 1.94 bits per heavy atom. The van der Waals surface area contributed by atoms with E-state index in [1.54, 1.807) is 0 Å². The maximum atomic E-state index is 11.3. The van der Waals surface area contributed by atoms with E-state index < -0.39 is 12.0 Å². The third-order valence-corrected chi connectivity index (χ3v) is 2.67. The van der Waals surface area contributed by atoms with Crippen LogP contribution in [0.5, 0.6) is 0 Å². The highest BCUT2D eigenvalue weighted by Crippen LogP contribution is 2.23. The van der Waals surface area contributed by atoms with Crippen LogP contribution < -0.4 is 0 Å². The van der Waals surface area contributed by atoms with E-state index in [2.05, 4.69) is 15.5 Å². The van der Waals surface area contributed by atoms with Crippen LogP contribution in [0.15, 0.2) is 30.3 Å². The lowest BCUT2D eigenvalue weighted by Crippen LogP contribution is -2.26. The SMILES string of the molecule is CC(C)C(C(=O)O)n1nnnc1-c1ccccc1. The van der Waals surface area contributed by atoms with Crippen molar-refractivity contribution in [3.05, 3.63) is 30.3 Å². The quantitative estimate of drug-likeness (QED) is 0.886. The number of benzene rings is 1. The first-order chi connectivity index (χ1) is 8.61. The molecular formula is C12H14N4O2. The van der Waals surface area contributed by atoms with Crippen molar-refractivity contribution in [2.45, 2.75) is 19.9 Å². The Balaban J connectivity index is 2.47. The summed E-state index contributed by atoms with van der Waals surface area (Å²) in [5.74, 6) is -0.570. The Kier molecular flexibility index (Phi) is 3.36. The highest BCUT2D eigenvalue weighted by atomic mass is 16.4. The molecule has 0 radical (unpaired) electrons. The van der Waals surface area contributed by atoms with Gasteiger partial charge in [-0.25, -0.2) is 9.48 Å². The Morgan fingerprint density at radius 3 is 2.50 bits per heavy atom. The zero-order valence-electron chi connectivity index (χ0n) is 10.2. The van der Waals surface area contributed by atoms with Crippen molar-refractivity contribution >= 4 is 5.97 Å². The van der Waals surface area contributed by atoms with E-state index >= 15 is 0 Å². The molecule has 0 spiro atoms. The second kappa shape index (κ2) is 4.95. The van der Waals surface area contributed by atoms with E-state index in [0.29, 0.717) is 5.82 Å². The van der Waals surface area contributed by atoms with Gasteiger partial charge in [-0.15, -0.1) is 5.10 Å². The van der Waals surface area contributed by atoms with Gasteiger partial charge in [0.1, 0.15) is 0 Å². The summed E-state index contributed by atoms with van der Waals surface area (Å²) in [5.41, 5.74) is 0.800. The van der Waals surface area contributed by atoms with Crippen LogP contribution in [-0.4, -0.2) is 31.3 Å². The van der Waals surface area contributed by atoms with Gasteiger partial charge in [-0.05, 0) is 16.3 Å². The van der Waals surface area contributed by atoms with Crippen LogP contribution in [0.3, 0.4) is 0 Å². The van der Waals surface area contributed by atoms with Gasteiger partial charge in [0.2, 0.25) is 0 Å². The van der Waals surface area contributed by atoms with Gasteiger partial charge in [-0.2, -0.15) is 0 Å². The predicted molar refractivity (Wildman–Crippen MR) is 64.8 cm³/mol. The molecule has 0 aliphatic carbocycles. The molecular weight excluding hydrogens is 232 g/mol. The third kappa shape index (κ3) is 2.22. The number of tetrazole rings is 1. The third-order valence-electron chi connectivity index (χ3n) is 2.67. The molecule has 94 valence electrons. The van der Waals surface area contributed by atoms with Gasteiger partial charge in [0.15, 0.2) is 11.9 Å². The number of aromatic nitrogens is 4. The lowest BCUT2D eigenvalue weighted by Gasteiger charge is -2.17. The summed E-state index contributed by atoms with van der Waals surface area (Å²) in [7, 11) is 0. The molecule has 0 aliphatic heterocycles. The van der Waals surface area contributed by atoms with Gasteiger partial charge >= 0.3 is 5.97 Å². The molecule has 1 atom stereocenters. The molecule has 0 bridgehead atoms. The normalized spacial score (nSPS) is 12.6. The molecule has 1 aromatic heterocycles. The number of aliphatic carboxylic acids is 1. The second-order valence-corrected chi connectivity index (χ2v) is 4.34. The Hall–Kier alpha value is -2.24. The number of carboxylic acid groups (broad SMARTS) is 1. The van der Waals surface area contributed by atoms with Crippen LogP contribution in [0.4, 0.5) is 0 Å². The minimum atomic E-state index is -0.936. The Bertz CT molecular complexity index is 536. The molecule has 0 amide bonds. The largest absolute Gasteiger partial charge is 0.480 e. The van der Waals surface area contributed by atoms with E-state index in [1.165, 1.54) is 4.68 Å². The zero-order chi connectivity index (χ0) is 13.1. The van der Waals surface area contributed by atoms with Crippen molar-refractivity contribution in [1.82, 2.24) is 20.2 Å². The molecule has 0 aliphatic rings. The number of carbonyl (C=O) groups is 1. The number of hydrogen-bond donors (Lipinski definition) is 1. The van der Waals surface area contributed by atoms with Crippen molar-refractivity contribution in [2.75, 3.05) is 0 Å². The fourth-order valence-corrected chi connectivity index (χ4v) is 1.83. The fourth-order valence-electron chi connectivity index (χ4n) is 1.83. The summed E-state index contributed by atoms with van der Waals surface area (Å²) in [6, 6.07) is 8.53. The van der Waals surface area contributed by atoms with E-state index in [0.717, 1.165) is 5.56 Å². The molecule has 1 unspecified atom stereocenters. The molecule has 18 heavy (non-hydrogen) atoms. The summed E-state index contributed by atoms with van der Waals surface area (Å²) >= 11 is 0. The molecule has 1 N–H and O–H groups in total. The second-order valence-electron chi connectivity index (χ2n) is 4.34. The van der Waals surface area contributed by atoms with E-state index in [4.69, 9.17) is 0 Å². The standard InChI is InChI=1S/C12H14N4O2/c1-8(2)10(12(17)18)16-11(13-14-15-16)9-6-4-3-5-7-9/h3-8,10H,1-2H3,(H,17,18). The van der Waals surface area contributed by atoms with Crippen LogP contribution >= 0.6 is 0 Å². The number of nitrogens with zero attached hydrogens (tertiary/aromatic N) is 4. The molecule has 1 aromatic carbocycles. The lowest BCUT2D eigenvalue weighted by molar-refractivity contribution is -0.142. The van der Waals surface area contributed by atoms with Gasteiger partial charge in [0, 0.05) is 5.56 Å². The van der Waals surface area contributed by atoms with Gasteiger partial charge in [0.25, 0.3) is 0 Å². The maximum Gasteiger partial charge on any atom is 0.328 e. The molecule has 0 fully saturated rings. The summed E-state index contributed by atoms with van der Waals surface area (Å²) in [6.45, 7) is 3.66. The zero-order valence-corrected chi connectivity index (χ0v) is 10.2. The first kappa shape index (κ1) is 12.2. The van der Waals surface area contributed by atoms with Gasteiger partial charge in [0.05, 0.1) is 0 Å². The predicted octanol–water partition coefficient (Wildman–Crippen LogP) is 1.62. The number of carboxylic acids is 1. The van der Waals surface area contributed by atoms with Crippen LogP contribution in [0.25, 0.3) is 11.4 Å². The summed E-state index contributed by atoms with van der Waals surface area (Å²) < 4.78 is 1.36. The van der Waals surface area contributed by atoms with E-state index in [9.17, 15) is 9.90 Å². The molecule has 6 nitrogen and oxygen atoms in total. The Morgan fingerprint density at radius 1 is 1.28 bits per heavy atom. The monoisotopic (exact) mass is 246 g/mol. The van der Waals surface area contributed by atoms with E-state index in [-0.39, 0.29) is 5.92 Å². The molecule has 0 saturated carbocycles. The van der Waals surface area contributed by atoms with Gasteiger partial charge < -0.3 is 5.11 Å². The van der Waals surface area contributed by atoms with Crippen molar-refractivity contribution < 1.29 is 9.90 Å². The number of rotatable bonds is 4. The van der Waals surface area contributed by atoms with Crippen molar-refractivity contribution in [3.63, 3.8) is 0 Å². The first-order valence-corrected chi connectivity index (χ1v) is 5.67. The van der Waals surface area contributed by atoms with Crippen molar-refractivity contribution in [3.8, 4) is 11.4 Å². The van der Waals surface area contributed by atoms with Crippen molar-refractivity contribution in [2.24, 2.45) is 5.92 Å². The number of hydrogen-bond acceptors (Lipinski definition) is 4. The average molecular weight is 246 g/mol. The van der Waals surface area contributed by atoms with Crippen molar-refractivity contribution in [1.29, 1.82) is 0 Å². The molecule has 2 rings (SSSR count). The summed E-state index contributed by atoms with van der Waals surface area (Å²) in [5, 5.41) is 20.6. The van der Waals surface area contributed by atoms with E-state index in [1.807, 2.05) is 44.2 Å². The Labute approximate surface area is 104 Å². The highest BCUT2D eigenvalue weighted by Gasteiger charge is 2.27. The maximum absolute atomic E-state index is 11.3. The summed E-state index contributed by atoms with van der Waals surface area (Å²) in [4.78, 5) is 11.3. The highest BCUT2D eigenvalue weighted by molar-refractivity contribution is 5.73.